The topological polar surface area (TPSA) is 72.3 Å². The summed E-state index contributed by atoms with van der Waals surface area (Å²) in [6, 6.07) is 15.3. The van der Waals surface area contributed by atoms with Gasteiger partial charge in [0.05, 0.1) is 34.6 Å². The molecule has 0 amide bonds. The van der Waals surface area contributed by atoms with Crippen molar-refractivity contribution in [3.8, 4) is 28.3 Å². The maximum Gasteiger partial charge on any atom is 0.416 e. The Labute approximate surface area is 200 Å². The van der Waals surface area contributed by atoms with Gasteiger partial charge in [-0.2, -0.15) is 13.2 Å². The molecule has 8 heteroatoms. The van der Waals surface area contributed by atoms with Crippen LogP contribution in [0.5, 0.6) is 5.75 Å². The van der Waals surface area contributed by atoms with Gasteiger partial charge >= 0.3 is 12.1 Å². The maximum atomic E-state index is 13.1. The van der Waals surface area contributed by atoms with Crippen molar-refractivity contribution < 1.29 is 27.8 Å². The lowest BCUT2D eigenvalue weighted by Gasteiger charge is -2.11. The fourth-order valence-electron chi connectivity index (χ4n) is 3.71. The molecule has 0 saturated carbocycles. The van der Waals surface area contributed by atoms with Crippen LogP contribution >= 0.6 is 0 Å². The molecule has 180 valence electrons. The molecule has 0 spiro atoms. The monoisotopic (exact) mass is 480 g/mol. The predicted octanol–water partition coefficient (Wildman–Crippen LogP) is 7.25. The summed E-state index contributed by atoms with van der Waals surface area (Å²) in [4.78, 5) is 20.6. The molecule has 0 saturated heterocycles. The highest BCUT2D eigenvalue weighted by atomic mass is 19.4. The summed E-state index contributed by atoms with van der Waals surface area (Å²) in [7, 11) is 0. The fourth-order valence-corrected chi connectivity index (χ4v) is 3.71. The van der Waals surface area contributed by atoms with Gasteiger partial charge in [-0.1, -0.05) is 38.0 Å². The van der Waals surface area contributed by atoms with E-state index in [-0.39, 0.29) is 22.2 Å². The molecule has 1 N–H and O–H groups in total. The van der Waals surface area contributed by atoms with Gasteiger partial charge in [0.25, 0.3) is 0 Å². The predicted molar refractivity (Wildman–Crippen MR) is 127 cm³/mol. The number of rotatable bonds is 8. The molecule has 0 unspecified atom stereocenters. The Morgan fingerprint density at radius 3 is 2.31 bits per heavy atom. The van der Waals surface area contributed by atoms with Crippen LogP contribution in [0, 0.1) is 0 Å². The molecule has 0 atom stereocenters. The lowest BCUT2D eigenvalue weighted by Crippen LogP contribution is -2.06. The summed E-state index contributed by atoms with van der Waals surface area (Å²) in [5, 5.41) is 9.53. The molecule has 4 aromatic rings. The first-order chi connectivity index (χ1) is 16.8. The van der Waals surface area contributed by atoms with Crippen LogP contribution in [0.15, 0.2) is 66.9 Å². The molecule has 0 fully saturated rings. The van der Waals surface area contributed by atoms with Gasteiger partial charge in [0.15, 0.2) is 0 Å². The molecule has 0 aliphatic carbocycles. The molecule has 35 heavy (non-hydrogen) atoms. The molecule has 0 aliphatic heterocycles. The number of benzene rings is 2. The number of alkyl halides is 3. The first-order valence-electron chi connectivity index (χ1n) is 11.2. The van der Waals surface area contributed by atoms with E-state index in [0.29, 0.717) is 12.3 Å². The Morgan fingerprint density at radius 2 is 1.69 bits per heavy atom. The van der Waals surface area contributed by atoms with Gasteiger partial charge < -0.3 is 9.84 Å². The summed E-state index contributed by atoms with van der Waals surface area (Å²) < 4.78 is 45.0. The quantitative estimate of drug-likeness (QED) is 0.269. The van der Waals surface area contributed by atoms with Gasteiger partial charge in [-0.25, -0.2) is 9.78 Å². The van der Waals surface area contributed by atoms with E-state index >= 15 is 0 Å². The van der Waals surface area contributed by atoms with Gasteiger partial charge in [-0.15, -0.1) is 0 Å². The summed E-state index contributed by atoms with van der Waals surface area (Å²) in [6.07, 6.45) is 0.339. The average Bonchev–Trinajstić information content (AvgIpc) is 2.85. The number of carbonyl (C=O) groups is 1. The van der Waals surface area contributed by atoms with E-state index < -0.39 is 17.7 Å². The zero-order valence-electron chi connectivity index (χ0n) is 19.0. The second-order valence-electron chi connectivity index (χ2n) is 8.10. The van der Waals surface area contributed by atoms with Crippen molar-refractivity contribution in [3.05, 3.63) is 78.0 Å². The number of aromatic carboxylic acids is 1. The maximum absolute atomic E-state index is 13.1. The lowest BCUT2D eigenvalue weighted by molar-refractivity contribution is -0.137. The van der Waals surface area contributed by atoms with Gasteiger partial charge in [-0.05, 0) is 54.4 Å². The van der Waals surface area contributed by atoms with E-state index in [4.69, 9.17) is 4.74 Å². The molecule has 5 nitrogen and oxygen atoms in total. The van der Waals surface area contributed by atoms with E-state index in [1.807, 2.05) is 30.3 Å². The Morgan fingerprint density at radius 1 is 0.943 bits per heavy atom. The molecule has 2 aromatic heterocycles. The number of aromatic nitrogens is 2. The molecule has 4 rings (SSSR count). The summed E-state index contributed by atoms with van der Waals surface area (Å²) in [5.41, 5.74) is 1.40. The van der Waals surface area contributed by atoms with Crippen molar-refractivity contribution in [1.29, 1.82) is 0 Å². The number of hydrogen-bond donors (Lipinski definition) is 1. The van der Waals surface area contributed by atoms with Crippen molar-refractivity contribution in [2.24, 2.45) is 0 Å². The summed E-state index contributed by atoms with van der Waals surface area (Å²) in [5.74, 6) is -0.545. The smallest absolute Gasteiger partial charge is 0.416 e. The second-order valence-corrected chi connectivity index (χ2v) is 8.10. The van der Waals surface area contributed by atoms with Crippen LogP contribution in [-0.4, -0.2) is 27.7 Å². The number of pyridine rings is 2. The van der Waals surface area contributed by atoms with Crippen LogP contribution < -0.4 is 4.74 Å². The van der Waals surface area contributed by atoms with Crippen LogP contribution in [0.25, 0.3) is 33.4 Å². The van der Waals surface area contributed by atoms with E-state index in [9.17, 15) is 23.1 Å². The van der Waals surface area contributed by atoms with Crippen molar-refractivity contribution in [2.45, 2.75) is 32.4 Å². The first-order valence-corrected chi connectivity index (χ1v) is 11.2. The first kappa shape index (κ1) is 24.2. The molecule has 0 aliphatic rings. The number of carboxylic acid groups (broad SMARTS) is 1. The van der Waals surface area contributed by atoms with Crippen LogP contribution in [0.2, 0.25) is 0 Å². The normalized spacial score (nSPS) is 11.5. The largest absolute Gasteiger partial charge is 0.494 e. The zero-order chi connectivity index (χ0) is 25.0. The Balaban J connectivity index is 1.59. The van der Waals surface area contributed by atoms with Crippen molar-refractivity contribution >= 4 is 16.9 Å². The van der Waals surface area contributed by atoms with Gasteiger partial charge in [0.2, 0.25) is 0 Å². The number of hydrogen-bond acceptors (Lipinski definition) is 4. The Hall–Kier alpha value is -3.94. The molecular formula is C27H23F3N2O3. The van der Waals surface area contributed by atoms with Crippen molar-refractivity contribution in [2.75, 3.05) is 6.61 Å². The number of nitrogens with zero attached hydrogens (tertiary/aromatic N) is 2. The van der Waals surface area contributed by atoms with Gasteiger partial charge in [0.1, 0.15) is 5.75 Å². The van der Waals surface area contributed by atoms with Gasteiger partial charge in [-0.3, -0.25) is 4.98 Å². The highest BCUT2D eigenvalue weighted by Crippen LogP contribution is 2.33. The SMILES string of the molecule is CCCCCOc1ccc(-c2ccc(-c3cc(C(=O)O)c4cc(C(F)(F)F)ccc4n3)nc2)cc1. The van der Waals surface area contributed by atoms with Crippen LogP contribution in [0.1, 0.15) is 42.1 Å². The third-order valence-electron chi connectivity index (χ3n) is 5.60. The number of halogens is 3. The second kappa shape index (κ2) is 10.1. The highest BCUT2D eigenvalue weighted by molar-refractivity contribution is 6.03. The molecule has 0 radical (unpaired) electrons. The zero-order valence-corrected chi connectivity index (χ0v) is 19.0. The third-order valence-corrected chi connectivity index (χ3v) is 5.60. The Kier molecular flexibility index (Phi) is 7.00. The summed E-state index contributed by atoms with van der Waals surface area (Å²) >= 11 is 0. The molecule has 2 aromatic carbocycles. The van der Waals surface area contributed by atoms with Crippen LogP contribution in [-0.2, 0) is 6.18 Å². The highest BCUT2D eigenvalue weighted by Gasteiger charge is 2.31. The minimum absolute atomic E-state index is 0.0790. The number of carboxylic acids is 1. The average molecular weight is 480 g/mol. The summed E-state index contributed by atoms with van der Waals surface area (Å²) in [6.45, 7) is 2.82. The van der Waals surface area contributed by atoms with E-state index in [1.165, 1.54) is 12.1 Å². The Bertz CT molecular complexity index is 1340. The van der Waals surface area contributed by atoms with Crippen LogP contribution in [0.4, 0.5) is 13.2 Å². The third kappa shape index (κ3) is 5.59. The minimum Gasteiger partial charge on any atom is -0.494 e. The standard InChI is InChI=1S/C27H23F3N2O3/c1-2-3-4-13-35-20-9-5-17(6-10-20)18-7-11-24(31-16-18)25-15-22(26(33)34)21-14-19(27(28,29)30)8-12-23(21)32-25/h5-12,14-16H,2-4,13H2,1H3,(H,33,34). The number of fused-ring (bicyclic) bond motifs is 1. The van der Waals surface area contributed by atoms with E-state index in [2.05, 4.69) is 16.9 Å². The van der Waals surface area contributed by atoms with E-state index in [0.717, 1.165) is 48.3 Å². The number of ether oxygens (including phenoxy) is 1. The molecular weight excluding hydrogens is 457 g/mol. The van der Waals surface area contributed by atoms with Crippen molar-refractivity contribution in [1.82, 2.24) is 9.97 Å². The fraction of sp³-hybridized carbons (Fsp3) is 0.222. The van der Waals surface area contributed by atoms with Crippen LogP contribution in [0.3, 0.4) is 0 Å². The molecule has 0 bridgehead atoms. The minimum atomic E-state index is -4.58. The van der Waals surface area contributed by atoms with Gasteiger partial charge in [0, 0.05) is 17.1 Å². The van der Waals surface area contributed by atoms with E-state index in [1.54, 1.807) is 12.3 Å². The number of unbranched alkanes of at least 4 members (excludes halogenated alkanes) is 2. The van der Waals surface area contributed by atoms with Crippen molar-refractivity contribution in [3.63, 3.8) is 0 Å². The lowest BCUT2D eigenvalue weighted by atomic mass is 10.0. The molecule has 2 heterocycles.